The van der Waals surface area contributed by atoms with Crippen LogP contribution in [0.2, 0.25) is 0 Å². The van der Waals surface area contributed by atoms with E-state index in [2.05, 4.69) is 17.1 Å². The number of likely N-dealkylation sites (tertiary alicyclic amines) is 1. The zero-order chi connectivity index (χ0) is 17.6. The summed E-state index contributed by atoms with van der Waals surface area (Å²) >= 11 is 0. The summed E-state index contributed by atoms with van der Waals surface area (Å²) in [5.41, 5.74) is 1.88. The Labute approximate surface area is 149 Å². The van der Waals surface area contributed by atoms with Gasteiger partial charge in [-0.25, -0.2) is 0 Å². The lowest BCUT2D eigenvalue weighted by Crippen LogP contribution is -2.48. The van der Waals surface area contributed by atoms with E-state index in [9.17, 15) is 9.59 Å². The molecule has 2 fully saturated rings. The van der Waals surface area contributed by atoms with Gasteiger partial charge >= 0.3 is 0 Å². The topological polar surface area (TPSA) is 61.9 Å². The maximum Gasteiger partial charge on any atom is 0.251 e. The minimum atomic E-state index is -0.0842. The van der Waals surface area contributed by atoms with Gasteiger partial charge in [-0.05, 0) is 30.5 Å². The van der Waals surface area contributed by atoms with Crippen molar-refractivity contribution in [1.82, 2.24) is 15.1 Å². The minimum absolute atomic E-state index is 0.0128. The van der Waals surface area contributed by atoms with Crippen molar-refractivity contribution in [2.24, 2.45) is 0 Å². The third-order valence-electron chi connectivity index (χ3n) is 5.05. The van der Waals surface area contributed by atoms with Crippen molar-refractivity contribution in [3.05, 3.63) is 35.4 Å². The van der Waals surface area contributed by atoms with Crippen LogP contribution in [0.15, 0.2) is 24.3 Å². The van der Waals surface area contributed by atoms with Crippen LogP contribution in [0.4, 0.5) is 0 Å². The molecule has 1 atom stereocenters. The van der Waals surface area contributed by atoms with Crippen LogP contribution in [0.5, 0.6) is 0 Å². The van der Waals surface area contributed by atoms with E-state index in [1.807, 2.05) is 29.2 Å². The molecule has 0 aliphatic carbocycles. The van der Waals surface area contributed by atoms with Gasteiger partial charge in [0.1, 0.15) is 0 Å². The number of carbonyl (C=O) groups excluding carboxylic acids is 2. The number of hydrogen-bond donors (Lipinski definition) is 1. The fraction of sp³-hybridized carbons (Fsp3) is 0.579. The van der Waals surface area contributed by atoms with Gasteiger partial charge in [0.15, 0.2) is 0 Å². The predicted octanol–water partition coefficient (Wildman–Crippen LogP) is 0.912. The third kappa shape index (κ3) is 4.38. The highest BCUT2D eigenvalue weighted by atomic mass is 16.5. The molecule has 0 bridgehead atoms. The van der Waals surface area contributed by atoms with Crippen molar-refractivity contribution in [1.29, 1.82) is 0 Å². The molecule has 6 nitrogen and oxygen atoms in total. The first kappa shape index (κ1) is 17.9. The van der Waals surface area contributed by atoms with Crippen molar-refractivity contribution >= 4 is 11.8 Å². The number of ether oxygens (including phenoxy) is 1. The molecule has 6 heteroatoms. The molecule has 0 saturated carbocycles. The maximum absolute atomic E-state index is 12.6. The average Bonchev–Trinajstić information content (AvgIpc) is 3.03. The second-order valence-electron chi connectivity index (χ2n) is 6.58. The van der Waals surface area contributed by atoms with E-state index in [1.54, 1.807) is 0 Å². The number of carbonyl (C=O) groups is 2. The van der Waals surface area contributed by atoms with Crippen LogP contribution >= 0.6 is 0 Å². The fourth-order valence-corrected chi connectivity index (χ4v) is 3.47. The third-order valence-corrected chi connectivity index (χ3v) is 5.05. The SMILES string of the molecule is CCc1ccc(C(=O)NCCN2CCC(N3CCOCC3)C2=O)cc1. The average molecular weight is 345 g/mol. The minimum Gasteiger partial charge on any atom is -0.379 e. The molecule has 2 saturated heterocycles. The van der Waals surface area contributed by atoms with Crippen molar-refractivity contribution in [3.63, 3.8) is 0 Å². The first-order chi connectivity index (χ1) is 12.2. The van der Waals surface area contributed by atoms with E-state index in [4.69, 9.17) is 4.74 Å². The Hall–Kier alpha value is -1.92. The van der Waals surface area contributed by atoms with Crippen LogP contribution in [0.25, 0.3) is 0 Å². The molecule has 25 heavy (non-hydrogen) atoms. The summed E-state index contributed by atoms with van der Waals surface area (Å²) in [5, 5.41) is 2.91. The molecule has 3 rings (SSSR count). The lowest BCUT2D eigenvalue weighted by molar-refractivity contribution is -0.133. The van der Waals surface area contributed by atoms with Gasteiger partial charge in [-0.3, -0.25) is 14.5 Å². The Balaban J connectivity index is 1.44. The van der Waals surface area contributed by atoms with Gasteiger partial charge in [0.2, 0.25) is 5.91 Å². The molecule has 0 spiro atoms. The molecule has 2 aliphatic rings. The highest BCUT2D eigenvalue weighted by Gasteiger charge is 2.36. The van der Waals surface area contributed by atoms with Crippen molar-refractivity contribution in [2.45, 2.75) is 25.8 Å². The van der Waals surface area contributed by atoms with Gasteiger partial charge in [-0.1, -0.05) is 19.1 Å². The standard InChI is InChI=1S/C19H27N3O3/c1-2-15-3-5-16(6-4-15)18(23)20-8-10-22-9-7-17(19(22)24)21-11-13-25-14-12-21/h3-6,17H,2,7-14H2,1H3,(H,20,23). The number of hydrogen-bond acceptors (Lipinski definition) is 4. The molecule has 1 N–H and O–H groups in total. The monoisotopic (exact) mass is 345 g/mol. The molecule has 136 valence electrons. The van der Waals surface area contributed by atoms with Gasteiger partial charge in [-0.15, -0.1) is 0 Å². The smallest absolute Gasteiger partial charge is 0.251 e. The lowest BCUT2D eigenvalue weighted by Gasteiger charge is -2.31. The summed E-state index contributed by atoms with van der Waals surface area (Å²) in [7, 11) is 0. The first-order valence-electron chi connectivity index (χ1n) is 9.16. The van der Waals surface area contributed by atoms with Crippen LogP contribution in [0, 0.1) is 0 Å². The molecule has 1 aromatic rings. The zero-order valence-electron chi connectivity index (χ0n) is 14.9. The molecule has 2 amide bonds. The molecular weight excluding hydrogens is 318 g/mol. The van der Waals surface area contributed by atoms with Crippen LogP contribution in [-0.2, 0) is 16.0 Å². The highest BCUT2D eigenvalue weighted by Crippen LogP contribution is 2.18. The molecule has 2 heterocycles. The van der Waals surface area contributed by atoms with E-state index in [-0.39, 0.29) is 17.9 Å². The van der Waals surface area contributed by atoms with Crippen molar-refractivity contribution in [2.75, 3.05) is 45.9 Å². The molecule has 2 aliphatic heterocycles. The first-order valence-corrected chi connectivity index (χ1v) is 9.16. The number of amides is 2. The van der Waals surface area contributed by atoms with Gasteiger partial charge in [0, 0.05) is 38.3 Å². The summed E-state index contributed by atoms with van der Waals surface area (Å²) in [6, 6.07) is 7.64. The van der Waals surface area contributed by atoms with Crippen LogP contribution in [-0.4, -0.2) is 73.6 Å². The summed E-state index contributed by atoms with van der Waals surface area (Å²) < 4.78 is 5.36. The van der Waals surface area contributed by atoms with Gasteiger partial charge in [-0.2, -0.15) is 0 Å². The Morgan fingerprint density at radius 3 is 2.60 bits per heavy atom. The second-order valence-corrected chi connectivity index (χ2v) is 6.58. The number of nitrogens with one attached hydrogen (secondary N) is 1. The van der Waals surface area contributed by atoms with E-state index in [1.165, 1.54) is 5.56 Å². The van der Waals surface area contributed by atoms with Crippen LogP contribution < -0.4 is 5.32 Å². The quantitative estimate of drug-likeness (QED) is 0.833. The fourth-order valence-electron chi connectivity index (χ4n) is 3.47. The predicted molar refractivity (Wildman–Crippen MR) is 95.5 cm³/mol. The molecule has 0 aromatic heterocycles. The Bertz CT molecular complexity index is 596. The Morgan fingerprint density at radius 1 is 1.20 bits per heavy atom. The number of aryl methyl sites for hydroxylation is 1. The summed E-state index contributed by atoms with van der Waals surface area (Å²) in [4.78, 5) is 28.8. The van der Waals surface area contributed by atoms with Crippen molar-refractivity contribution < 1.29 is 14.3 Å². The van der Waals surface area contributed by atoms with E-state index >= 15 is 0 Å². The maximum atomic E-state index is 12.6. The van der Waals surface area contributed by atoms with Gasteiger partial charge in [0.05, 0.1) is 19.3 Å². The second kappa shape index (κ2) is 8.45. The van der Waals surface area contributed by atoms with Crippen LogP contribution in [0.1, 0.15) is 29.3 Å². The van der Waals surface area contributed by atoms with E-state index in [0.29, 0.717) is 31.9 Å². The number of benzene rings is 1. The Kier molecular flexibility index (Phi) is 6.04. The highest BCUT2D eigenvalue weighted by molar-refractivity contribution is 5.94. The molecule has 0 radical (unpaired) electrons. The number of rotatable bonds is 6. The van der Waals surface area contributed by atoms with E-state index < -0.39 is 0 Å². The van der Waals surface area contributed by atoms with E-state index in [0.717, 1.165) is 32.5 Å². The largest absolute Gasteiger partial charge is 0.379 e. The molecule has 1 aromatic carbocycles. The van der Waals surface area contributed by atoms with Gasteiger partial charge in [0.25, 0.3) is 5.91 Å². The van der Waals surface area contributed by atoms with Gasteiger partial charge < -0.3 is 15.0 Å². The lowest BCUT2D eigenvalue weighted by atomic mass is 10.1. The Morgan fingerprint density at radius 2 is 1.92 bits per heavy atom. The summed E-state index contributed by atoms with van der Waals surface area (Å²) in [6.45, 7) is 6.97. The summed E-state index contributed by atoms with van der Waals surface area (Å²) in [6.07, 6.45) is 1.83. The number of nitrogens with zero attached hydrogens (tertiary/aromatic N) is 2. The normalized spacial score (nSPS) is 21.6. The molecular formula is C19H27N3O3. The number of morpholine rings is 1. The van der Waals surface area contributed by atoms with Crippen molar-refractivity contribution in [3.8, 4) is 0 Å². The molecule has 1 unspecified atom stereocenters. The summed E-state index contributed by atoms with van der Waals surface area (Å²) in [5.74, 6) is 0.0995. The van der Waals surface area contributed by atoms with Crippen LogP contribution in [0.3, 0.4) is 0 Å². The zero-order valence-corrected chi connectivity index (χ0v) is 14.9.